The van der Waals surface area contributed by atoms with Gasteiger partial charge in [-0.2, -0.15) is 9.40 Å². The van der Waals surface area contributed by atoms with Crippen molar-refractivity contribution in [1.82, 2.24) is 19.0 Å². The molecule has 158 valence electrons. The average Bonchev–Trinajstić information content (AvgIpc) is 2.89. The molecule has 2 aromatic rings. The van der Waals surface area contributed by atoms with Crippen molar-refractivity contribution in [2.45, 2.75) is 31.7 Å². The Balaban J connectivity index is 1.61. The third-order valence-corrected chi connectivity index (χ3v) is 7.10. The summed E-state index contributed by atoms with van der Waals surface area (Å²) < 4.78 is 34.2. The molecular weight excluding hydrogens is 392 g/mol. The zero-order chi connectivity index (χ0) is 21.0. The number of esters is 1. The smallest absolute Gasteiger partial charge is 0.337 e. The van der Waals surface area contributed by atoms with E-state index in [2.05, 4.69) is 20.8 Å². The summed E-state index contributed by atoms with van der Waals surface area (Å²) in [4.78, 5) is 14.0. The van der Waals surface area contributed by atoms with Crippen LogP contribution in [0, 0.1) is 13.8 Å². The Hall–Kier alpha value is -2.23. The second kappa shape index (κ2) is 9.06. The van der Waals surface area contributed by atoms with Crippen molar-refractivity contribution in [3.05, 3.63) is 47.3 Å². The van der Waals surface area contributed by atoms with Crippen LogP contribution < -0.4 is 0 Å². The topological polar surface area (TPSA) is 84.7 Å². The molecule has 8 nitrogen and oxygen atoms in total. The number of ether oxygens (including phenoxy) is 1. The molecule has 1 aliphatic heterocycles. The summed E-state index contributed by atoms with van der Waals surface area (Å²) in [5.41, 5.74) is 2.48. The molecule has 9 heteroatoms. The van der Waals surface area contributed by atoms with E-state index in [1.807, 2.05) is 18.5 Å². The maximum Gasteiger partial charge on any atom is 0.337 e. The van der Waals surface area contributed by atoms with Gasteiger partial charge in [-0.1, -0.05) is 0 Å². The minimum Gasteiger partial charge on any atom is -0.465 e. The molecule has 1 saturated heterocycles. The normalized spacial score (nSPS) is 16.5. The lowest BCUT2D eigenvalue weighted by Gasteiger charge is -2.22. The van der Waals surface area contributed by atoms with Crippen LogP contribution in [-0.4, -0.2) is 73.2 Å². The van der Waals surface area contributed by atoms with Gasteiger partial charge in [0.15, 0.2) is 0 Å². The van der Waals surface area contributed by atoms with Gasteiger partial charge in [0.05, 0.1) is 29.8 Å². The highest BCUT2D eigenvalue weighted by Crippen LogP contribution is 2.19. The highest BCUT2D eigenvalue weighted by Gasteiger charge is 2.27. The molecule has 1 aromatic carbocycles. The summed E-state index contributed by atoms with van der Waals surface area (Å²) in [6.45, 7) is 8.12. The highest BCUT2D eigenvalue weighted by molar-refractivity contribution is 7.89. The molecule has 0 N–H and O–H groups in total. The van der Waals surface area contributed by atoms with Crippen LogP contribution in [0.5, 0.6) is 0 Å². The Bertz CT molecular complexity index is 953. The summed E-state index contributed by atoms with van der Waals surface area (Å²) in [5.74, 6) is -0.484. The van der Waals surface area contributed by atoms with Crippen molar-refractivity contribution in [2.24, 2.45) is 0 Å². The number of rotatable bonds is 6. The Morgan fingerprint density at radius 3 is 2.41 bits per heavy atom. The number of sulfonamides is 1. The largest absolute Gasteiger partial charge is 0.465 e. The van der Waals surface area contributed by atoms with E-state index in [1.165, 1.54) is 35.7 Å². The molecule has 1 fully saturated rings. The van der Waals surface area contributed by atoms with Crippen LogP contribution in [0.2, 0.25) is 0 Å². The van der Waals surface area contributed by atoms with E-state index in [1.54, 1.807) is 0 Å². The van der Waals surface area contributed by atoms with Gasteiger partial charge in [0.1, 0.15) is 0 Å². The summed E-state index contributed by atoms with van der Waals surface area (Å²) in [5, 5.41) is 4.49. The predicted octanol–water partition coefficient (Wildman–Crippen LogP) is 1.68. The average molecular weight is 421 g/mol. The van der Waals surface area contributed by atoms with Crippen molar-refractivity contribution in [2.75, 3.05) is 39.8 Å². The number of aromatic nitrogens is 2. The second-order valence-corrected chi connectivity index (χ2v) is 9.20. The fraction of sp³-hybridized carbons (Fsp3) is 0.500. The van der Waals surface area contributed by atoms with Gasteiger partial charge < -0.3 is 9.64 Å². The van der Waals surface area contributed by atoms with Crippen LogP contribution in [-0.2, 0) is 21.3 Å². The number of hydrogen-bond acceptors (Lipinski definition) is 6. The number of carbonyl (C=O) groups is 1. The molecule has 0 bridgehead atoms. The second-order valence-electron chi connectivity index (χ2n) is 7.27. The van der Waals surface area contributed by atoms with Gasteiger partial charge in [0, 0.05) is 31.9 Å². The maximum absolute atomic E-state index is 13.0. The van der Waals surface area contributed by atoms with E-state index >= 15 is 0 Å². The summed E-state index contributed by atoms with van der Waals surface area (Å²) in [6.07, 6.45) is 0.774. The summed E-state index contributed by atoms with van der Waals surface area (Å²) >= 11 is 0. The van der Waals surface area contributed by atoms with Crippen LogP contribution in [0.3, 0.4) is 0 Å². The lowest BCUT2D eigenvalue weighted by molar-refractivity contribution is 0.0600. The summed E-state index contributed by atoms with van der Waals surface area (Å²) in [7, 11) is -2.30. The number of benzene rings is 1. The SMILES string of the molecule is COC(=O)c1ccc(S(=O)(=O)N2CCCN(CCn3nc(C)cc3C)CC2)cc1. The molecule has 2 heterocycles. The van der Waals surface area contributed by atoms with Gasteiger partial charge in [-0.3, -0.25) is 4.68 Å². The van der Waals surface area contributed by atoms with E-state index in [0.717, 1.165) is 37.4 Å². The number of hydrogen-bond donors (Lipinski definition) is 0. The molecular formula is C20H28N4O4S. The Morgan fingerprint density at radius 1 is 1.07 bits per heavy atom. The van der Waals surface area contributed by atoms with Crippen molar-refractivity contribution in [3.8, 4) is 0 Å². The maximum atomic E-state index is 13.0. The third kappa shape index (κ3) is 5.04. The number of nitrogens with zero attached hydrogens (tertiary/aromatic N) is 4. The van der Waals surface area contributed by atoms with Crippen LogP contribution in [0.15, 0.2) is 35.2 Å². The van der Waals surface area contributed by atoms with Crippen molar-refractivity contribution < 1.29 is 17.9 Å². The Morgan fingerprint density at radius 2 is 1.79 bits per heavy atom. The lowest BCUT2D eigenvalue weighted by atomic mass is 10.2. The molecule has 0 spiro atoms. The standard InChI is InChI=1S/C20H28N4O4S/c1-16-15-17(2)24(21-16)14-12-22-9-4-10-23(13-11-22)29(26,27)19-7-5-18(6-8-19)20(25)28-3/h5-8,15H,4,9-14H2,1-3H3. The molecule has 0 saturated carbocycles. The van der Waals surface area contributed by atoms with Gasteiger partial charge in [-0.05, 0) is 57.1 Å². The molecule has 0 unspecified atom stereocenters. The van der Waals surface area contributed by atoms with Crippen molar-refractivity contribution in [3.63, 3.8) is 0 Å². The first-order valence-electron chi connectivity index (χ1n) is 9.73. The molecule has 1 aliphatic rings. The number of methoxy groups -OCH3 is 1. The van der Waals surface area contributed by atoms with E-state index in [4.69, 9.17) is 0 Å². The lowest BCUT2D eigenvalue weighted by Crippen LogP contribution is -2.36. The van der Waals surface area contributed by atoms with Crippen LogP contribution in [0.25, 0.3) is 0 Å². The van der Waals surface area contributed by atoms with Crippen LogP contribution >= 0.6 is 0 Å². The molecule has 0 aliphatic carbocycles. The number of carbonyl (C=O) groups excluding carboxylic acids is 1. The van der Waals surface area contributed by atoms with Gasteiger partial charge in [-0.25, -0.2) is 13.2 Å². The van der Waals surface area contributed by atoms with Crippen molar-refractivity contribution >= 4 is 16.0 Å². The molecule has 0 amide bonds. The van der Waals surface area contributed by atoms with E-state index in [-0.39, 0.29) is 4.90 Å². The van der Waals surface area contributed by atoms with Crippen LogP contribution in [0.1, 0.15) is 28.2 Å². The Labute approximate surface area is 172 Å². The highest BCUT2D eigenvalue weighted by atomic mass is 32.2. The third-order valence-electron chi connectivity index (χ3n) is 5.19. The first-order chi connectivity index (χ1) is 13.8. The van der Waals surface area contributed by atoms with Gasteiger partial charge in [0.2, 0.25) is 10.0 Å². The van der Waals surface area contributed by atoms with E-state index in [0.29, 0.717) is 25.2 Å². The molecule has 0 radical (unpaired) electrons. The minimum atomic E-state index is -3.59. The molecule has 29 heavy (non-hydrogen) atoms. The van der Waals surface area contributed by atoms with Crippen LogP contribution in [0.4, 0.5) is 0 Å². The summed E-state index contributed by atoms with van der Waals surface area (Å²) in [6, 6.07) is 7.96. The molecule has 1 aromatic heterocycles. The molecule has 3 rings (SSSR count). The Kier molecular flexibility index (Phi) is 6.71. The molecule has 0 atom stereocenters. The number of aryl methyl sites for hydroxylation is 2. The first kappa shape index (κ1) is 21.5. The zero-order valence-corrected chi connectivity index (χ0v) is 18.0. The minimum absolute atomic E-state index is 0.196. The predicted molar refractivity (Wildman–Crippen MR) is 109 cm³/mol. The van der Waals surface area contributed by atoms with Crippen molar-refractivity contribution in [1.29, 1.82) is 0 Å². The monoisotopic (exact) mass is 420 g/mol. The zero-order valence-electron chi connectivity index (χ0n) is 17.2. The first-order valence-corrected chi connectivity index (χ1v) is 11.2. The van der Waals surface area contributed by atoms with Gasteiger partial charge in [-0.15, -0.1) is 0 Å². The van der Waals surface area contributed by atoms with E-state index in [9.17, 15) is 13.2 Å². The fourth-order valence-electron chi connectivity index (χ4n) is 3.58. The fourth-order valence-corrected chi connectivity index (χ4v) is 5.05. The van der Waals surface area contributed by atoms with Gasteiger partial charge in [0.25, 0.3) is 0 Å². The quantitative estimate of drug-likeness (QED) is 0.661. The van der Waals surface area contributed by atoms with Gasteiger partial charge >= 0.3 is 5.97 Å². The van der Waals surface area contributed by atoms with E-state index < -0.39 is 16.0 Å².